The molecule has 0 radical (unpaired) electrons. The third kappa shape index (κ3) is 1.34. The topological polar surface area (TPSA) is 26.0 Å². The Labute approximate surface area is 65.0 Å². The van der Waals surface area contributed by atoms with Crippen LogP contribution in [0.15, 0.2) is 15.9 Å². The van der Waals surface area contributed by atoms with Crippen molar-refractivity contribution in [3.63, 3.8) is 0 Å². The van der Waals surface area contributed by atoms with Crippen molar-refractivity contribution in [2.75, 3.05) is 6.26 Å². The molecule has 0 spiro atoms. The van der Waals surface area contributed by atoms with Crippen LogP contribution in [0, 0.1) is 0 Å². The number of aromatic nitrogens is 1. The molecule has 0 aliphatic rings. The molecule has 1 heterocycles. The van der Waals surface area contributed by atoms with E-state index in [1.807, 2.05) is 6.26 Å². The molecule has 56 valence electrons. The summed E-state index contributed by atoms with van der Waals surface area (Å²) in [7, 11) is 0. The van der Waals surface area contributed by atoms with Gasteiger partial charge in [0.25, 0.3) is 0 Å². The predicted molar refractivity (Wildman–Crippen MR) is 42.4 cm³/mol. The van der Waals surface area contributed by atoms with Gasteiger partial charge >= 0.3 is 0 Å². The van der Waals surface area contributed by atoms with Crippen molar-refractivity contribution >= 4 is 11.8 Å². The fourth-order valence-corrected chi connectivity index (χ4v) is 1.42. The molecular formula is C7H11NOS. The van der Waals surface area contributed by atoms with Gasteiger partial charge in [0, 0.05) is 5.92 Å². The molecule has 0 N–H and O–H groups in total. The highest BCUT2D eigenvalue weighted by Gasteiger charge is 2.09. The van der Waals surface area contributed by atoms with E-state index >= 15 is 0 Å². The summed E-state index contributed by atoms with van der Waals surface area (Å²) >= 11 is 1.60. The van der Waals surface area contributed by atoms with Crippen molar-refractivity contribution in [1.29, 1.82) is 0 Å². The van der Waals surface area contributed by atoms with Crippen molar-refractivity contribution in [2.45, 2.75) is 24.9 Å². The Hall–Kier alpha value is -0.440. The molecule has 0 amide bonds. The molecule has 1 aromatic rings. The van der Waals surface area contributed by atoms with Crippen LogP contribution in [0.2, 0.25) is 0 Å². The Kier molecular flexibility index (Phi) is 2.38. The summed E-state index contributed by atoms with van der Waals surface area (Å²) in [5, 5.41) is 0.940. The maximum Gasteiger partial charge on any atom is 0.183 e. The summed E-state index contributed by atoms with van der Waals surface area (Å²) in [6, 6.07) is 0. The Morgan fingerprint density at radius 3 is 2.70 bits per heavy atom. The largest absolute Gasteiger partial charge is 0.437 e. The van der Waals surface area contributed by atoms with Crippen LogP contribution in [-0.4, -0.2) is 11.2 Å². The lowest BCUT2D eigenvalue weighted by Crippen LogP contribution is -1.87. The standard InChI is InChI=1S/C7H11NOS/c1-5(2)6-7(10-3)9-4-8-6/h4-5H,1-3H3. The van der Waals surface area contributed by atoms with Gasteiger partial charge < -0.3 is 4.42 Å². The Bertz CT molecular complexity index is 207. The minimum atomic E-state index is 0.459. The molecule has 0 atom stereocenters. The second-order valence-corrected chi connectivity index (χ2v) is 3.16. The number of thioether (sulfide) groups is 1. The maximum absolute atomic E-state index is 5.13. The number of nitrogens with zero attached hydrogens (tertiary/aromatic N) is 1. The first-order chi connectivity index (χ1) is 4.75. The van der Waals surface area contributed by atoms with E-state index < -0.39 is 0 Å². The minimum absolute atomic E-state index is 0.459. The van der Waals surface area contributed by atoms with Gasteiger partial charge in [-0.25, -0.2) is 4.98 Å². The average Bonchev–Trinajstić information content (AvgIpc) is 2.33. The molecule has 0 unspecified atom stereocenters. The van der Waals surface area contributed by atoms with Crippen LogP contribution < -0.4 is 0 Å². The van der Waals surface area contributed by atoms with Crippen LogP contribution in [-0.2, 0) is 0 Å². The van der Waals surface area contributed by atoms with Gasteiger partial charge in [0.15, 0.2) is 11.5 Å². The molecule has 0 aliphatic heterocycles. The fourth-order valence-electron chi connectivity index (χ4n) is 0.782. The quantitative estimate of drug-likeness (QED) is 0.617. The van der Waals surface area contributed by atoms with Crippen LogP contribution >= 0.6 is 11.8 Å². The molecular weight excluding hydrogens is 146 g/mol. The number of rotatable bonds is 2. The molecule has 0 saturated heterocycles. The first-order valence-corrected chi connectivity index (χ1v) is 4.45. The third-order valence-electron chi connectivity index (χ3n) is 1.29. The van der Waals surface area contributed by atoms with E-state index in [2.05, 4.69) is 18.8 Å². The summed E-state index contributed by atoms with van der Waals surface area (Å²) < 4.78 is 5.13. The Morgan fingerprint density at radius 1 is 1.60 bits per heavy atom. The van der Waals surface area contributed by atoms with Gasteiger partial charge in [-0.3, -0.25) is 0 Å². The molecule has 2 nitrogen and oxygen atoms in total. The van der Waals surface area contributed by atoms with Crippen LogP contribution in [0.4, 0.5) is 0 Å². The SMILES string of the molecule is CSc1ocnc1C(C)C. The van der Waals surface area contributed by atoms with Crippen LogP contribution in [0.25, 0.3) is 0 Å². The summed E-state index contributed by atoms with van der Waals surface area (Å²) in [6.07, 6.45) is 3.49. The highest BCUT2D eigenvalue weighted by molar-refractivity contribution is 7.98. The lowest BCUT2D eigenvalue weighted by atomic mass is 10.2. The minimum Gasteiger partial charge on any atom is -0.437 e. The third-order valence-corrected chi connectivity index (χ3v) is 1.97. The Morgan fingerprint density at radius 2 is 2.30 bits per heavy atom. The highest BCUT2D eigenvalue weighted by Crippen LogP contribution is 2.24. The van der Waals surface area contributed by atoms with Crippen molar-refractivity contribution in [1.82, 2.24) is 4.98 Å². The van der Waals surface area contributed by atoms with Crippen molar-refractivity contribution in [3.8, 4) is 0 Å². The van der Waals surface area contributed by atoms with E-state index in [1.54, 1.807) is 11.8 Å². The zero-order valence-electron chi connectivity index (χ0n) is 6.42. The van der Waals surface area contributed by atoms with E-state index in [4.69, 9.17) is 4.42 Å². The lowest BCUT2D eigenvalue weighted by molar-refractivity contribution is 0.463. The summed E-state index contributed by atoms with van der Waals surface area (Å²) in [6.45, 7) is 4.22. The van der Waals surface area contributed by atoms with E-state index in [0.29, 0.717) is 5.92 Å². The summed E-state index contributed by atoms with van der Waals surface area (Å²) in [5.41, 5.74) is 1.06. The molecule has 3 heteroatoms. The summed E-state index contributed by atoms with van der Waals surface area (Å²) in [4.78, 5) is 4.10. The second kappa shape index (κ2) is 3.10. The van der Waals surface area contributed by atoms with Crippen LogP contribution in [0.1, 0.15) is 25.5 Å². The molecule has 0 fully saturated rings. The first-order valence-electron chi connectivity index (χ1n) is 3.23. The van der Waals surface area contributed by atoms with Gasteiger partial charge in [-0.2, -0.15) is 0 Å². The van der Waals surface area contributed by atoms with Crippen molar-refractivity contribution in [2.24, 2.45) is 0 Å². The first kappa shape index (κ1) is 7.66. The number of hydrogen-bond acceptors (Lipinski definition) is 3. The molecule has 0 aromatic carbocycles. The zero-order chi connectivity index (χ0) is 7.56. The smallest absolute Gasteiger partial charge is 0.183 e. The lowest BCUT2D eigenvalue weighted by Gasteiger charge is -1.99. The molecule has 1 rings (SSSR count). The van der Waals surface area contributed by atoms with E-state index in [1.165, 1.54) is 6.39 Å². The zero-order valence-corrected chi connectivity index (χ0v) is 7.23. The summed E-state index contributed by atoms with van der Waals surface area (Å²) in [5.74, 6) is 0.459. The van der Waals surface area contributed by atoms with Gasteiger partial charge in [-0.1, -0.05) is 25.6 Å². The van der Waals surface area contributed by atoms with Gasteiger partial charge in [-0.05, 0) is 6.26 Å². The van der Waals surface area contributed by atoms with Gasteiger partial charge in [-0.15, -0.1) is 0 Å². The predicted octanol–water partition coefficient (Wildman–Crippen LogP) is 2.52. The van der Waals surface area contributed by atoms with Gasteiger partial charge in [0.05, 0.1) is 5.69 Å². The molecule has 1 aromatic heterocycles. The number of hydrogen-bond donors (Lipinski definition) is 0. The van der Waals surface area contributed by atoms with Crippen molar-refractivity contribution < 1.29 is 4.42 Å². The van der Waals surface area contributed by atoms with Crippen molar-refractivity contribution in [3.05, 3.63) is 12.1 Å². The van der Waals surface area contributed by atoms with Crippen LogP contribution in [0.3, 0.4) is 0 Å². The highest BCUT2D eigenvalue weighted by atomic mass is 32.2. The maximum atomic E-state index is 5.13. The monoisotopic (exact) mass is 157 g/mol. The van der Waals surface area contributed by atoms with E-state index in [-0.39, 0.29) is 0 Å². The van der Waals surface area contributed by atoms with Gasteiger partial charge in [0.2, 0.25) is 0 Å². The fraction of sp³-hybridized carbons (Fsp3) is 0.571. The molecule has 0 bridgehead atoms. The second-order valence-electron chi connectivity index (χ2n) is 2.38. The average molecular weight is 157 g/mol. The van der Waals surface area contributed by atoms with Gasteiger partial charge in [0.1, 0.15) is 0 Å². The Balaban J connectivity index is 2.90. The molecule has 10 heavy (non-hydrogen) atoms. The van der Waals surface area contributed by atoms with E-state index in [0.717, 1.165) is 10.8 Å². The normalized spacial score (nSPS) is 10.8. The van der Waals surface area contributed by atoms with E-state index in [9.17, 15) is 0 Å². The molecule has 0 saturated carbocycles. The number of oxazole rings is 1. The van der Waals surface area contributed by atoms with Crippen LogP contribution in [0.5, 0.6) is 0 Å². The molecule has 0 aliphatic carbocycles.